The average Bonchev–Trinajstić information content (AvgIpc) is 2.91. The Morgan fingerprint density at radius 1 is 1.50 bits per heavy atom. The van der Waals surface area contributed by atoms with Crippen LogP contribution < -0.4 is 0 Å². The lowest BCUT2D eigenvalue weighted by molar-refractivity contribution is -0.126. The van der Waals surface area contributed by atoms with Crippen LogP contribution >= 0.6 is 0 Å². The molecule has 0 aliphatic rings. The first kappa shape index (κ1) is 16.4. The van der Waals surface area contributed by atoms with Gasteiger partial charge in [0.1, 0.15) is 0 Å². The van der Waals surface area contributed by atoms with Crippen LogP contribution in [-0.2, 0) is 11.3 Å². The molecular formula is C14H23N3O3. The molecule has 1 heterocycles. The molecule has 0 aliphatic carbocycles. The highest BCUT2D eigenvalue weighted by atomic mass is 16.3. The van der Waals surface area contributed by atoms with E-state index in [-0.39, 0.29) is 25.7 Å². The minimum Gasteiger partial charge on any atom is -0.396 e. The number of rotatable bonds is 7. The van der Waals surface area contributed by atoms with Gasteiger partial charge < -0.3 is 15.1 Å². The van der Waals surface area contributed by atoms with E-state index in [9.17, 15) is 15.0 Å². The van der Waals surface area contributed by atoms with Crippen LogP contribution in [0.25, 0.3) is 6.08 Å². The molecule has 0 bridgehead atoms. The molecule has 0 saturated heterocycles. The molecule has 0 fully saturated rings. The van der Waals surface area contributed by atoms with Gasteiger partial charge in [0.15, 0.2) is 0 Å². The number of likely N-dealkylation sites (N-methyl/N-ethyl adjacent to an activating group) is 1. The lowest BCUT2D eigenvalue weighted by atomic mass is 9.92. The number of nitrogens with zero attached hydrogens (tertiary/aromatic N) is 3. The fourth-order valence-corrected chi connectivity index (χ4v) is 1.83. The minimum absolute atomic E-state index is 0.173. The lowest BCUT2D eigenvalue weighted by Gasteiger charge is -2.29. The monoisotopic (exact) mass is 281 g/mol. The molecule has 112 valence electrons. The second kappa shape index (κ2) is 7.21. The van der Waals surface area contributed by atoms with Crippen molar-refractivity contribution in [3.05, 3.63) is 24.0 Å². The summed E-state index contributed by atoms with van der Waals surface area (Å²) >= 11 is 0. The number of amides is 1. The Bertz CT molecular complexity index is 464. The molecule has 6 heteroatoms. The van der Waals surface area contributed by atoms with Crippen molar-refractivity contribution in [2.45, 2.75) is 20.4 Å². The third-order valence-electron chi connectivity index (χ3n) is 3.20. The van der Waals surface area contributed by atoms with E-state index < -0.39 is 5.41 Å². The molecule has 6 nitrogen and oxygen atoms in total. The Kier molecular flexibility index (Phi) is 5.91. The number of carbonyl (C=O) groups excluding carboxylic acids is 1. The quantitative estimate of drug-likeness (QED) is 0.708. The first-order chi connectivity index (χ1) is 9.45. The van der Waals surface area contributed by atoms with E-state index in [2.05, 4.69) is 5.10 Å². The Hall–Kier alpha value is -1.66. The Morgan fingerprint density at radius 2 is 2.15 bits per heavy atom. The van der Waals surface area contributed by atoms with Gasteiger partial charge in [0.25, 0.3) is 0 Å². The number of aromatic nitrogens is 2. The molecule has 1 aromatic heterocycles. The van der Waals surface area contributed by atoms with Gasteiger partial charge in [-0.2, -0.15) is 5.10 Å². The van der Waals surface area contributed by atoms with Crippen molar-refractivity contribution >= 4 is 12.0 Å². The third-order valence-corrected chi connectivity index (χ3v) is 3.20. The molecule has 0 saturated carbocycles. The molecule has 1 rings (SSSR count). The average molecular weight is 281 g/mol. The van der Waals surface area contributed by atoms with Crippen LogP contribution in [0.1, 0.15) is 19.5 Å². The maximum absolute atomic E-state index is 12.0. The molecule has 0 aliphatic heterocycles. The van der Waals surface area contributed by atoms with Crippen molar-refractivity contribution in [2.75, 3.05) is 26.8 Å². The summed E-state index contributed by atoms with van der Waals surface area (Å²) in [6.45, 7) is 4.39. The number of hydrogen-bond donors (Lipinski definition) is 2. The molecule has 2 N–H and O–H groups in total. The maximum Gasteiger partial charge on any atom is 0.246 e. The van der Waals surface area contributed by atoms with E-state index >= 15 is 0 Å². The zero-order valence-electron chi connectivity index (χ0n) is 12.3. The number of aliphatic hydroxyl groups excluding tert-OH is 2. The molecule has 20 heavy (non-hydrogen) atoms. The van der Waals surface area contributed by atoms with Gasteiger partial charge in [0, 0.05) is 37.8 Å². The summed E-state index contributed by atoms with van der Waals surface area (Å²) in [5.41, 5.74) is 0.171. The van der Waals surface area contributed by atoms with E-state index in [1.165, 1.54) is 11.0 Å². The highest BCUT2D eigenvalue weighted by Crippen LogP contribution is 2.15. The maximum atomic E-state index is 12.0. The van der Waals surface area contributed by atoms with Gasteiger partial charge in [0.2, 0.25) is 5.91 Å². The van der Waals surface area contributed by atoms with Crippen molar-refractivity contribution in [1.29, 1.82) is 0 Å². The topological polar surface area (TPSA) is 78.6 Å². The number of aliphatic hydroxyl groups is 2. The standard InChI is InChI=1S/C14H23N3O3/c1-4-17-12(7-8-15-17)5-6-13(20)16(3)9-14(2,10-18)11-19/h5-8,18-19H,4,9-11H2,1-3H3/b6-5+. The van der Waals surface area contributed by atoms with E-state index in [4.69, 9.17) is 0 Å². The van der Waals surface area contributed by atoms with Gasteiger partial charge in [-0.1, -0.05) is 6.92 Å². The van der Waals surface area contributed by atoms with Gasteiger partial charge in [-0.3, -0.25) is 9.48 Å². The third kappa shape index (κ3) is 4.18. The van der Waals surface area contributed by atoms with Crippen LogP contribution in [0.4, 0.5) is 0 Å². The second-order valence-electron chi connectivity index (χ2n) is 5.23. The predicted molar refractivity (Wildman–Crippen MR) is 76.9 cm³/mol. The molecule has 0 atom stereocenters. The van der Waals surface area contributed by atoms with Gasteiger partial charge >= 0.3 is 0 Å². The van der Waals surface area contributed by atoms with E-state index in [1.54, 1.807) is 30.9 Å². The Morgan fingerprint density at radius 3 is 2.70 bits per heavy atom. The van der Waals surface area contributed by atoms with E-state index in [0.717, 1.165) is 12.2 Å². The molecule has 0 aromatic carbocycles. The van der Waals surface area contributed by atoms with Crippen LogP contribution in [0.2, 0.25) is 0 Å². The van der Waals surface area contributed by atoms with Crippen molar-refractivity contribution in [2.24, 2.45) is 5.41 Å². The summed E-state index contributed by atoms with van der Waals surface area (Å²) in [6, 6.07) is 1.83. The van der Waals surface area contributed by atoms with Crippen molar-refractivity contribution in [3.8, 4) is 0 Å². The van der Waals surface area contributed by atoms with Crippen molar-refractivity contribution in [3.63, 3.8) is 0 Å². The second-order valence-corrected chi connectivity index (χ2v) is 5.23. The molecule has 1 aromatic rings. The van der Waals surface area contributed by atoms with E-state index in [0.29, 0.717) is 0 Å². The summed E-state index contributed by atoms with van der Waals surface area (Å²) < 4.78 is 1.79. The zero-order chi connectivity index (χ0) is 15.2. The smallest absolute Gasteiger partial charge is 0.246 e. The summed E-state index contributed by atoms with van der Waals surface area (Å²) in [6.07, 6.45) is 4.87. The van der Waals surface area contributed by atoms with Gasteiger partial charge in [-0.15, -0.1) is 0 Å². The molecule has 0 radical (unpaired) electrons. The minimum atomic E-state index is -0.691. The first-order valence-electron chi connectivity index (χ1n) is 6.62. The number of hydrogen-bond acceptors (Lipinski definition) is 4. The van der Waals surface area contributed by atoms with Crippen LogP contribution in [0.5, 0.6) is 0 Å². The summed E-state index contributed by atoms with van der Waals surface area (Å²) in [5, 5.41) is 22.6. The Balaban J connectivity index is 2.66. The number of aryl methyl sites for hydroxylation is 1. The van der Waals surface area contributed by atoms with Crippen LogP contribution in [0.15, 0.2) is 18.3 Å². The molecular weight excluding hydrogens is 258 g/mol. The zero-order valence-corrected chi connectivity index (χ0v) is 12.3. The largest absolute Gasteiger partial charge is 0.396 e. The highest BCUT2D eigenvalue weighted by molar-refractivity contribution is 5.91. The lowest BCUT2D eigenvalue weighted by Crippen LogP contribution is -2.41. The predicted octanol–water partition coefficient (Wildman–Crippen LogP) is 0.365. The van der Waals surface area contributed by atoms with Crippen LogP contribution in [0.3, 0.4) is 0 Å². The fourth-order valence-electron chi connectivity index (χ4n) is 1.83. The summed E-state index contributed by atoms with van der Waals surface area (Å²) in [7, 11) is 1.65. The van der Waals surface area contributed by atoms with E-state index in [1.807, 2.05) is 13.0 Å². The first-order valence-corrected chi connectivity index (χ1v) is 6.62. The van der Waals surface area contributed by atoms with Crippen molar-refractivity contribution < 1.29 is 15.0 Å². The van der Waals surface area contributed by atoms with Gasteiger partial charge in [-0.05, 0) is 19.1 Å². The summed E-state index contributed by atoms with van der Waals surface area (Å²) in [5.74, 6) is -0.179. The normalized spacial score (nSPS) is 12.1. The number of carbonyl (C=O) groups is 1. The fraction of sp³-hybridized carbons (Fsp3) is 0.571. The van der Waals surface area contributed by atoms with Gasteiger partial charge in [-0.25, -0.2) is 0 Å². The molecule has 0 spiro atoms. The molecule has 1 amide bonds. The Labute approximate surface area is 119 Å². The van der Waals surface area contributed by atoms with Crippen molar-refractivity contribution in [1.82, 2.24) is 14.7 Å². The SMILES string of the molecule is CCn1nccc1/C=C/C(=O)N(C)CC(C)(CO)CO. The molecule has 0 unspecified atom stereocenters. The van der Waals surface area contributed by atoms with Crippen LogP contribution in [0, 0.1) is 5.41 Å². The van der Waals surface area contributed by atoms with Gasteiger partial charge in [0.05, 0.1) is 18.9 Å². The van der Waals surface area contributed by atoms with Crippen LogP contribution in [-0.4, -0.2) is 57.6 Å². The summed E-state index contributed by atoms with van der Waals surface area (Å²) in [4.78, 5) is 13.5. The highest BCUT2D eigenvalue weighted by Gasteiger charge is 2.25.